The topological polar surface area (TPSA) is 48.0 Å². The minimum Gasteiger partial charge on any atom is -0.454 e. The molecule has 1 atom stereocenters. The summed E-state index contributed by atoms with van der Waals surface area (Å²) in [5.74, 6) is 4.38. The van der Waals surface area contributed by atoms with Gasteiger partial charge in [-0.05, 0) is 88.4 Å². The van der Waals surface area contributed by atoms with Crippen molar-refractivity contribution in [3.8, 4) is 11.5 Å². The molecule has 1 saturated carbocycles. The van der Waals surface area contributed by atoms with Crippen LogP contribution in [0.2, 0.25) is 0 Å². The predicted molar refractivity (Wildman–Crippen MR) is 124 cm³/mol. The minimum absolute atomic E-state index is 0.214. The number of likely N-dealkylation sites (tertiary alicyclic amines) is 1. The van der Waals surface area contributed by atoms with E-state index in [1.54, 1.807) is 0 Å². The van der Waals surface area contributed by atoms with Crippen LogP contribution in [-0.4, -0.2) is 49.8 Å². The fraction of sp³-hybridized carbons (Fsp3) is 0.741. The maximum Gasteiger partial charge on any atom is 0.231 e. The molecular formula is C27H39NO4. The molecule has 2 saturated heterocycles. The van der Waals surface area contributed by atoms with Gasteiger partial charge in [-0.1, -0.05) is 25.0 Å². The zero-order chi connectivity index (χ0) is 21.8. The van der Waals surface area contributed by atoms with E-state index < -0.39 is 0 Å². The molecule has 0 bridgehead atoms. The van der Waals surface area contributed by atoms with Crippen LogP contribution < -0.4 is 9.47 Å². The zero-order valence-electron chi connectivity index (χ0n) is 19.4. The van der Waals surface area contributed by atoms with E-state index in [1.807, 2.05) is 6.07 Å². The van der Waals surface area contributed by atoms with Crippen LogP contribution in [0.1, 0.15) is 82.1 Å². The van der Waals surface area contributed by atoms with Crippen LogP contribution in [0.5, 0.6) is 11.5 Å². The quantitative estimate of drug-likeness (QED) is 0.546. The Balaban J connectivity index is 0.988. The number of hydrogen-bond donors (Lipinski definition) is 0. The number of rotatable bonds is 8. The molecule has 3 aliphatic heterocycles. The zero-order valence-corrected chi connectivity index (χ0v) is 19.4. The molecule has 5 nitrogen and oxygen atoms in total. The maximum atomic E-state index is 12.4. The van der Waals surface area contributed by atoms with Crippen LogP contribution in [0.15, 0.2) is 18.2 Å². The second-order valence-electron chi connectivity index (χ2n) is 10.5. The second-order valence-corrected chi connectivity index (χ2v) is 10.5. The van der Waals surface area contributed by atoms with Gasteiger partial charge in [-0.25, -0.2) is 0 Å². The molecular weight excluding hydrogens is 402 g/mol. The summed E-state index contributed by atoms with van der Waals surface area (Å²) in [5.41, 5.74) is 1.34. The lowest BCUT2D eigenvalue weighted by molar-refractivity contribution is -0.122. The highest BCUT2D eigenvalue weighted by atomic mass is 16.7. The number of fused-ring (bicyclic) bond motifs is 1. The lowest BCUT2D eigenvalue weighted by Gasteiger charge is -2.34. The van der Waals surface area contributed by atoms with Crippen molar-refractivity contribution in [1.29, 1.82) is 0 Å². The van der Waals surface area contributed by atoms with Gasteiger partial charge in [0, 0.05) is 25.0 Å². The predicted octanol–water partition coefficient (Wildman–Crippen LogP) is 5.32. The first kappa shape index (κ1) is 22.2. The van der Waals surface area contributed by atoms with Gasteiger partial charge in [0.25, 0.3) is 0 Å². The Morgan fingerprint density at radius 1 is 0.938 bits per heavy atom. The van der Waals surface area contributed by atoms with Crippen LogP contribution in [0.25, 0.3) is 0 Å². The Kier molecular flexibility index (Phi) is 7.33. The first-order valence-corrected chi connectivity index (χ1v) is 13.0. The smallest absolute Gasteiger partial charge is 0.231 e. The molecule has 1 aliphatic carbocycles. The Morgan fingerprint density at radius 3 is 2.53 bits per heavy atom. The molecule has 1 aromatic rings. The van der Waals surface area contributed by atoms with Gasteiger partial charge in [0.1, 0.15) is 5.78 Å². The molecule has 32 heavy (non-hydrogen) atoms. The number of ether oxygens (including phenoxy) is 3. The number of ketones is 1. The fourth-order valence-electron chi connectivity index (χ4n) is 6.30. The lowest BCUT2D eigenvalue weighted by atomic mass is 9.78. The van der Waals surface area contributed by atoms with Crippen molar-refractivity contribution in [2.75, 3.05) is 33.0 Å². The van der Waals surface area contributed by atoms with Crippen molar-refractivity contribution in [3.63, 3.8) is 0 Å². The summed E-state index contributed by atoms with van der Waals surface area (Å²) in [6.07, 6.45) is 12.7. The van der Waals surface area contributed by atoms with E-state index in [2.05, 4.69) is 17.0 Å². The summed E-state index contributed by atoms with van der Waals surface area (Å²) >= 11 is 0. The van der Waals surface area contributed by atoms with Gasteiger partial charge in [-0.3, -0.25) is 4.79 Å². The van der Waals surface area contributed by atoms with E-state index in [-0.39, 0.29) is 6.10 Å². The largest absolute Gasteiger partial charge is 0.454 e. The number of nitrogens with zero attached hydrogens (tertiary/aromatic N) is 1. The number of carbonyl (C=O) groups excluding carboxylic acids is 1. The highest BCUT2D eigenvalue weighted by Crippen LogP contribution is 2.42. The van der Waals surface area contributed by atoms with Crippen molar-refractivity contribution in [3.05, 3.63) is 23.8 Å². The fourth-order valence-corrected chi connectivity index (χ4v) is 6.30. The van der Waals surface area contributed by atoms with E-state index in [1.165, 1.54) is 70.1 Å². The van der Waals surface area contributed by atoms with Crippen LogP contribution in [0.4, 0.5) is 0 Å². The molecule has 3 heterocycles. The molecule has 5 heteroatoms. The first-order valence-electron chi connectivity index (χ1n) is 13.0. The van der Waals surface area contributed by atoms with Crippen molar-refractivity contribution in [1.82, 2.24) is 4.90 Å². The number of benzene rings is 1. The van der Waals surface area contributed by atoms with Crippen LogP contribution >= 0.6 is 0 Å². The average molecular weight is 442 g/mol. The normalized spacial score (nSPS) is 28.8. The monoisotopic (exact) mass is 441 g/mol. The minimum atomic E-state index is 0.214. The molecule has 0 aromatic heterocycles. The molecule has 0 radical (unpaired) electrons. The SMILES string of the molecule is O=C(CC1CCC(CCN2CCC(c3cccc4c3OCO4)CC2)CC1)CC1CCCO1. The average Bonchev–Trinajstić information content (AvgIpc) is 3.51. The second kappa shape index (κ2) is 10.6. The number of Topliss-reactive ketones (excluding diaryl/α,β-unsaturated/α-hetero) is 1. The Morgan fingerprint density at radius 2 is 1.75 bits per heavy atom. The molecule has 0 N–H and O–H groups in total. The molecule has 3 fully saturated rings. The highest BCUT2D eigenvalue weighted by Gasteiger charge is 2.28. The van der Waals surface area contributed by atoms with Gasteiger partial charge < -0.3 is 19.1 Å². The van der Waals surface area contributed by atoms with Gasteiger partial charge in [-0.15, -0.1) is 0 Å². The molecule has 1 unspecified atom stereocenters. The molecule has 5 rings (SSSR count). The first-order chi connectivity index (χ1) is 15.7. The summed E-state index contributed by atoms with van der Waals surface area (Å²) in [7, 11) is 0. The molecule has 1 aromatic carbocycles. The molecule has 0 amide bonds. The van der Waals surface area contributed by atoms with Crippen LogP contribution in [0, 0.1) is 11.8 Å². The summed E-state index contributed by atoms with van der Waals surface area (Å²) in [6.45, 7) is 4.80. The third-order valence-electron chi connectivity index (χ3n) is 8.27. The number of para-hydroxylation sites is 1. The summed E-state index contributed by atoms with van der Waals surface area (Å²) in [5, 5.41) is 0. The van der Waals surface area contributed by atoms with Gasteiger partial charge in [-0.2, -0.15) is 0 Å². The number of carbonyl (C=O) groups is 1. The molecule has 176 valence electrons. The number of piperidine rings is 1. The van der Waals surface area contributed by atoms with Crippen molar-refractivity contribution in [2.45, 2.75) is 82.7 Å². The highest BCUT2D eigenvalue weighted by molar-refractivity contribution is 5.79. The van der Waals surface area contributed by atoms with Gasteiger partial charge in [0.15, 0.2) is 11.5 Å². The standard InChI is InChI=1S/C27H39NO4/c29-23(18-24-3-2-16-30-24)17-21-8-6-20(7-9-21)10-13-28-14-11-22(12-15-28)25-4-1-5-26-27(25)32-19-31-26/h1,4-5,20-22,24H,2-3,6-19H2. The lowest BCUT2D eigenvalue weighted by Crippen LogP contribution is -2.34. The van der Waals surface area contributed by atoms with Gasteiger partial charge in [0.2, 0.25) is 6.79 Å². The summed E-state index contributed by atoms with van der Waals surface area (Å²) in [6, 6.07) is 6.33. The van der Waals surface area contributed by atoms with E-state index in [4.69, 9.17) is 14.2 Å². The summed E-state index contributed by atoms with van der Waals surface area (Å²) < 4.78 is 16.9. The molecule has 0 spiro atoms. The van der Waals surface area contributed by atoms with Gasteiger partial charge >= 0.3 is 0 Å². The van der Waals surface area contributed by atoms with Crippen molar-refractivity contribution < 1.29 is 19.0 Å². The Bertz CT molecular complexity index is 759. The van der Waals surface area contributed by atoms with E-state index >= 15 is 0 Å². The van der Waals surface area contributed by atoms with E-state index in [0.29, 0.717) is 30.8 Å². The third kappa shape index (κ3) is 5.48. The Labute approximate surface area is 192 Å². The number of hydrogen-bond acceptors (Lipinski definition) is 5. The van der Waals surface area contributed by atoms with Gasteiger partial charge in [0.05, 0.1) is 6.10 Å². The van der Waals surface area contributed by atoms with Crippen LogP contribution in [0.3, 0.4) is 0 Å². The van der Waals surface area contributed by atoms with Crippen LogP contribution in [-0.2, 0) is 9.53 Å². The van der Waals surface area contributed by atoms with E-state index in [0.717, 1.165) is 43.3 Å². The maximum absolute atomic E-state index is 12.4. The third-order valence-corrected chi connectivity index (χ3v) is 8.27. The van der Waals surface area contributed by atoms with Crippen molar-refractivity contribution in [2.24, 2.45) is 11.8 Å². The van der Waals surface area contributed by atoms with E-state index in [9.17, 15) is 4.79 Å². The Hall–Kier alpha value is -1.59. The van der Waals surface area contributed by atoms with Crippen molar-refractivity contribution >= 4 is 5.78 Å². The molecule has 4 aliphatic rings. The summed E-state index contributed by atoms with van der Waals surface area (Å²) in [4.78, 5) is 15.0.